The molecule has 17 heavy (non-hydrogen) atoms. The quantitative estimate of drug-likeness (QED) is 0.826. The Bertz CT molecular complexity index is 373. The van der Waals surface area contributed by atoms with Crippen LogP contribution < -0.4 is 10.6 Å². The van der Waals surface area contributed by atoms with Gasteiger partial charge in [-0.05, 0) is 37.2 Å². The molecule has 94 valence electrons. The number of hydrogen-bond donors (Lipinski definition) is 2. The standard InChI is InChI=1S/C13H19FN2O/c1-4-15-8-10(3)13(17)16-12-6-9(2)5-11(14)7-12/h5-7,10,15H,4,8H2,1-3H3,(H,16,17). The van der Waals surface area contributed by atoms with Gasteiger partial charge in [-0.15, -0.1) is 0 Å². The van der Waals surface area contributed by atoms with Crippen molar-refractivity contribution in [2.75, 3.05) is 18.4 Å². The third kappa shape index (κ3) is 4.53. The Morgan fingerprint density at radius 3 is 2.71 bits per heavy atom. The van der Waals surface area contributed by atoms with Gasteiger partial charge < -0.3 is 10.6 Å². The number of amides is 1. The fraction of sp³-hybridized carbons (Fsp3) is 0.462. The Labute approximate surface area is 101 Å². The summed E-state index contributed by atoms with van der Waals surface area (Å²) in [5, 5.41) is 5.82. The molecule has 0 saturated heterocycles. The van der Waals surface area contributed by atoms with E-state index in [-0.39, 0.29) is 17.6 Å². The number of carbonyl (C=O) groups is 1. The second-order valence-corrected chi connectivity index (χ2v) is 4.22. The first-order valence-electron chi connectivity index (χ1n) is 5.81. The number of anilines is 1. The Balaban J connectivity index is 2.61. The number of rotatable bonds is 5. The average Bonchev–Trinajstić information content (AvgIpc) is 2.24. The van der Waals surface area contributed by atoms with Gasteiger partial charge in [-0.25, -0.2) is 4.39 Å². The van der Waals surface area contributed by atoms with E-state index in [0.717, 1.165) is 12.1 Å². The third-order valence-electron chi connectivity index (χ3n) is 2.46. The number of nitrogens with one attached hydrogen (secondary N) is 2. The third-order valence-corrected chi connectivity index (χ3v) is 2.46. The predicted molar refractivity (Wildman–Crippen MR) is 67.5 cm³/mol. The molecule has 1 rings (SSSR count). The minimum atomic E-state index is -0.334. The van der Waals surface area contributed by atoms with Gasteiger partial charge in [0.1, 0.15) is 5.82 Å². The van der Waals surface area contributed by atoms with Crippen LogP contribution in [0.3, 0.4) is 0 Å². The van der Waals surface area contributed by atoms with Crippen molar-refractivity contribution in [1.29, 1.82) is 0 Å². The zero-order valence-corrected chi connectivity index (χ0v) is 10.5. The van der Waals surface area contributed by atoms with E-state index in [1.54, 1.807) is 13.0 Å². The summed E-state index contributed by atoms with van der Waals surface area (Å²) in [6.45, 7) is 7.07. The lowest BCUT2D eigenvalue weighted by Crippen LogP contribution is -2.30. The molecule has 0 spiro atoms. The SMILES string of the molecule is CCNCC(C)C(=O)Nc1cc(C)cc(F)c1. The average molecular weight is 238 g/mol. The second-order valence-electron chi connectivity index (χ2n) is 4.22. The minimum Gasteiger partial charge on any atom is -0.326 e. The molecule has 4 heteroatoms. The van der Waals surface area contributed by atoms with Gasteiger partial charge in [0.05, 0.1) is 0 Å². The summed E-state index contributed by atoms with van der Waals surface area (Å²) in [5.41, 5.74) is 1.30. The van der Waals surface area contributed by atoms with E-state index in [1.165, 1.54) is 12.1 Å². The Morgan fingerprint density at radius 2 is 2.12 bits per heavy atom. The van der Waals surface area contributed by atoms with Crippen LogP contribution in [0.1, 0.15) is 19.4 Å². The molecule has 0 aliphatic rings. The van der Waals surface area contributed by atoms with Crippen LogP contribution in [0.25, 0.3) is 0 Å². The van der Waals surface area contributed by atoms with Gasteiger partial charge >= 0.3 is 0 Å². The predicted octanol–water partition coefficient (Wildman–Crippen LogP) is 2.32. The van der Waals surface area contributed by atoms with E-state index in [2.05, 4.69) is 10.6 Å². The second kappa shape index (κ2) is 6.35. The number of benzene rings is 1. The topological polar surface area (TPSA) is 41.1 Å². The van der Waals surface area contributed by atoms with Gasteiger partial charge in [-0.2, -0.15) is 0 Å². The maximum absolute atomic E-state index is 13.1. The van der Waals surface area contributed by atoms with E-state index in [1.807, 2.05) is 13.8 Å². The highest BCUT2D eigenvalue weighted by atomic mass is 19.1. The zero-order chi connectivity index (χ0) is 12.8. The normalized spacial score (nSPS) is 12.2. The summed E-state index contributed by atoms with van der Waals surface area (Å²) in [5.74, 6) is -0.575. The van der Waals surface area contributed by atoms with Crippen LogP contribution in [0.5, 0.6) is 0 Å². The van der Waals surface area contributed by atoms with E-state index in [4.69, 9.17) is 0 Å². The number of halogens is 1. The van der Waals surface area contributed by atoms with Crippen LogP contribution in [0.15, 0.2) is 18.2 Å². The van der Waals surface area contributed by atoms with Gasteiger partial charge in [0.15, 0.2) is 0 Å². The largest absolute Gasteiger partial charge is 0.326 e. The van der Waals surface area contributed by atoms with E-state index in [9.17, 15) is 9.18 Å². The van der Waals surface area contributed by atoms with Crippen molar-refractivity contribution in [3.8, 4) is 0 Å². The van der Waals surface area contributed by atoms with Gasteiger partial charge in [-0.1, -0.05) is 13.8 Å². The molecule has 0 bridgehead atoms. The van der Waals surface area contributed by atoms with Gasteiger partial charge in [0.2, 0.25) is 5.91 Å². The molecule has 0 aromatic heterocycles. The van der Waals surface area contributed by atoms with Crippen molar-refractivity contribution in [3.05, 3.63) is 29.6 Å². The van der Waals surface area contributed by atoms with Crippen LogP contribution in [0.2, 0.25) is 0 Å². The highest BCUT2D eigenvalue weighted by Gasteiger charge is 2.12. The monoisotopic (exact) mass is 238 g/mol. The van der Waals surface area contributed by atoms with E-state index >= 15 is 0 Å². The molecule has 1 aromatic carbocycles. The molecule has 1 unspecified atom stereocenters. The molecule has 0 saturated carbocycles. The lowest BCUT2D eigenvalue weighted by atomic mass is 10.1. The van der Waals surface area contributed by atoms with Crippen LogP contribution >= 0.6 is 0 Å². The summed E-state index contributed by atoms with van der Waals surface area (Å²) < 4.78 is 13.1. The Morgan fingerprint density at radius 1 is 1.41 bits per heavy atom. The van der Waals surface area contributed by atoms with Crippen molar-refractivity contribution in [3.63, 3.8) is 0 Å². The summed E-state index contributed by atoms with van der Waals surface area (Å²) in [6.07, 6.45) is 0. The molecule has 1 atom stereocenters. The minimum absolute atomic E-state index is 0.101. The maximum atomic E-state index is 13.1. The number of carbonyl (C=O) groups excluding carboxylic acids is 1. The molecule has 0 aliphatic heterocycles. The Kier molecular flexibility index (Phi) is 5.10. The molecule has 2 N–H and O–H groups in total. The number of aryl methyl sites for hydroxylation is 1. The molecule has 0 heterocycles. The molecule has 1 aromatic rings. The highest BCUT2D eigenvalue weighted by molar-refractivity contribution is 5.92. The molecule has 3 nitrogen and oxygen atoms in total. The molecular formula is C13H19FN2O. The van der Waals surface area contributed by atoms with Gasteiger partial charge in [-0.3, -0.25) is 4.79 Å². The summed E-state index contributed by atoms with van der Waals surface area (Å²) in [7, 11) is 0. The molecule has 0 fully saturated rings. The van der Waals surface area contributed by atoms with Gasteiger partial charge in [0, 0.05) is 18.2 Å². The van der Waals surface area contributed by atoms with E-state index < -0.39 is 0 Å². The molecule has 1 amide bonds. The maximum Gasteiger partial charge on any atom is 0.228 e. The Hall–Kier alpha value is -1.42. The molecular weight excluding hydrogens is 219 g/mol. The molecule has 0 aliphatic carbocycles. The molecule has 0 radical (unpaired) electrons. The first kappa shape index (κ1) is 13.6. The van der Waals surface area contributed by atoms with Crippen LogP contribution in [0, 0.1) is 18.7 Å². The van der Waals surface area contributed by atoms with Crippen LogP contribution in [-0.2, 0) is 4.79 Å². The summed E-state index contributed by atoms with van der Waals surface area (Å²) in [4.78, 5) is 11.8. The highest BCUT2D eigenvalue weighted by Crippen LogP contribution is 2.14. The van der Waals surface area contributed by atoms with Crippen molar-refractivity contribution in [2.45, 2.75) is 20.8 Å². The van der Waals surface area contributed by atoms with Crippen molar-refractivity contribution >= 4 is 11.6 Å². The smallest absolute Gasteiger partial charge is 0.228 e. The first-order valence-corrected chi connectivity index (χ1v) is 5.81. The summed E-state index contributed by atoms with van der Waals surface area (Å²) >= 11 is 0. The van der Waals surface area contributed by atoms with Gasteiger partial charge in [0.25, 0.3) is 0 Å². The summed E-state index contributed by atoms with van der Waals surface area (Å²) in [6, 6.07) is 4.50. The fourth-order valence-corrected chi connectivity index (χ4v) is 1.53. The lowest BCUT2D eigenvalue weighted by Gasteiger charge is -2.12. The van der Waals surface area contributed by atoms with Crippen LogP contribution in [-0.4, -0.2) is 19.0 Å². The van der Waals surface area contributed by atoms with E-state index in [0.29, 0.717) is 12.2 Å². The van der Waals surface area contributed by atoms with Crippen molar-refractivity contribution in [1.82, 2.24) is 5.32 Å². The zero-order valence-electron chi connectivity index (χ0n) is 10.5. The van der Waals surface area contributed by atoms with Crippen molar-refractivity contribution in [2.24, 2.45) is 5.92 Å². The fourth-order valence-electron chi connectivity index (χ4n) is 1.53. The van der Waals surface area contributed by atoms with Crippen molar-refractivity contribution < 1.29 is 9.18 Å². The lowest BCUT2D eigenvalue weighted by molar-refractivity contribution is -0.119. The van der Waals surface area contributed by atoms with Crippen LogP contribution in [0.4, 0.5) is 10.1 Å². The first-order chi connectivity index (χ1) is 8.02. The number of hydrogen-bond acceptors (Lipinski definition) is 2.